The number of aliphatic hydroxyl groups is 1. The third kappa shape index (κ3) is 2.28. The van der Waals surface area contributed by atoms with E-state index < -0.39 is 12.5 Å². The SMILES string of the molecule is Cc1cnc(NC(=O)CO)s1. The lowest BCUT2D eigenvalue weighted by molar-refractivity contribution is -0.118. The molecule has 11 heavy (non-hydrogen) atoms. The van der Waals surface area contributed by atoms with Gasteiger partial charge in [0.25, 0.3) is 5.91 Å². The maximum absolute atomic E-state index is 10.6. The van der Waals surface area contributed by atoms with E-state index in [1.165, 1.54) is 11.3 Å². The second-order valence-electron chi connectivity index (χ2n) is 1.98. The summed E-state index contributed by atoms with van der Waals surface area (Å²) in [6.45, 7) is 1.39. The van der Waals surface area contributed by atoms with Crippen molar-refractivity contribution in [3.8, 4) is 0 Å². The molecule has 0 atom stereocenters. The summed E-state index contributed by atoms with van der Waals surface area (Å²) >= 11 is 1.38. The summed E-state index contributed by atoms with van der Waals surface area (Å²) in [5, 5.41) is 11.3. The number of nitrogens with one attached hydrogen (secondary N) is 1. The number of hydrogen-bond acceptors (Lipinski definition) is 4. The molecule has 4 nitrogen and oxygen atoms in total. The molecule has 1 rings (SSSR count). The third-order valence-electron chi connectivity index (χ3n) is 1.01. The molecule has 1 heterocycles. The minimum Gasteiger partial charge on any atom is -0.387 e. The molecular formula is C6H8N2O2S. The van der Waals surface area contributed by atoms with Crippen molar-refractivity contribution in [1.29, 1.82) is 0 Å². The van der Waals surface area contributed by atoms with Gasteiger partial charge in [0.1, 0.15) is 6.61 Å². The Bertz CT molecular complexity index is 259. The van der Waals surface area contributed by atoms with Gasteiger partial charge in [0.05, 0.1) is 0 Å². The first-order chi connectivity index (χ1) is 5.22. The highest BCUT2D eigenvalue weighted by Crippen LogP contribution is 2.15. The van der Waals surface area contributed by atoms with Crippen LogP contribution in [-0.2, 0) is 4.79 Å². The van der Waals surface area contributed by atoms with Crippen LogP contribution in [0.15, 0.2) is 6.20 Å². The van der Waals surface area contributed by atoms with E-state index in [4.69, 9.17) is 5.11 Å². The molecule has 0 unspecified atom stereocenters. The molecule has 0 saturated carbocycles. The molecule has 0 aromatic carbocycles. The van der Waals surface area contributed by atoms with Crippen LogP contribution >= 0.6 is 11.3 Å². The lowest BCUT2D eigenvalue weighted by atomic mass is 10.6. The normalized spacial score (nSPS) is 9.64. The van der Waals surface area contributed by atoms with Crippen LogP contribution in [0.25, 0.3) is 0 Å². The second kappa shape index (κ2) is 3.45. The molecule has 0 fully saturated rings. The summed E-state index contributed by atoms with van der Waals surface area (Å²) in [7, 11) is 0. The zero-order valence-electron chi connectivity index (χ0n) is 6.00. The van der Waals surface area contributed by atoms with Gasteiger partial charge in [-0.25, -0.2) is 4.98 Å². The predicted molar refractivity (Wildman–Crippen MR) is 42.6 cm³/mol. The summed E-state index contributed by atoms with van der Waals surface area (Å²) in [6.07, 6.45) is 1.66. The number of carbonyl (C=O) groups excluding carboxylic acids is 1. The molecular weight excluding hydrogens is 164 g/mol. The first-order valence-corrected chi connectivity index (χ1v) is 3.87. The van der Waals surface area contributed by atoms with E-state index in [1.807, 2.05) is 6.92 Å². The number of aliphatic hydroxyl groups excluding tert-OH is 1. The van der Waals surface area contributed by atoms with Gasteiger partial charge in [0, 0.05) is 11.1 Å². The smallest absolute Gasteiger partial charge is 0.251 e. The summed E-state index contributed by atoms with van der Waals surface area (Å²) in [5.74, 6) is -0.431. The van der Waals surface area contributed by atoms with Gasteiger partial charge in [-0.2, -0.15) is 0 Å². The van der Waals surface area contributed by atoms with Crippen LogP contribution in [-0.4, -0.2) is 22.6 Å². The highest BCUT2D eigenvalue weighted by molar-refractivity contribution is 7.15. The summed E-state index contributed by atoms with van der Waals surface area (Å²) in [4.78, 5) is 15.5. The van der Waals surface area contributed by atoms with Gasteiger partial charge < -0.3 is 5.11 Å². The minimum absolute atomic E-state index is 0.431. The second-order valence-corrected chi connectivity index (χ2v) is 3.22. The minimum atomic E-state index is -0.501. The average molecular weight is 172 g/mol. The van der Waals surface area contributed by atoms with Crippen LogP contribution in [0.2, 0.25) is 0 Å². The fourth-order valence-corrected chi connectivity index (χ4v) is 1.25. The number of hydrogen-bond donors (Lipinski definition) is 2. The fraction of sp³-hybridized carbons (Fsp3) is 0.333. The van der Waals surface area contributed by atoms with E-state index in [2.05, 4.69) is 10.3 Å². The van der Waals surface area contributed by atoms with E-state index >= 15 is 0 Å². The Morgan fingerprint density at radius 3 is 3.09 bits per heavy atom. The number of anilines is 1. The number of rotatable bonds is 2. The van der Waals surface area contributed by atoms with E-state index in [-0.39, 0.29) is 0 Å². The Hall–Kier alpha value is -0.940. The molecule has 2 N–H and O–H groups in total. The van der Waals surface area contributed by atoms with Crippen molar-refractivity contribution in [2.24, 2.45) is 0 Å². The summed E-state index contributed by atoms with van der Waals surface area (Å²) < 4.78 is 0. The maximum Gasteiger partial charge on any atom is 0.251 e. The molecule has 0 aliphatic carbocycles. The molecule has 0 radical (unpaired) electrons. The van der Waals surface area contributed by atoms with Crippen molar-refractivity contribution in [1.82, 2.24) is 4.98 Å². The van der Waals surface area contributed by atoms with Crippen molar-refractivity contribution < 1.29 is 9.90 Å². The number of aromatic nitrogens is 1. The number of carbonyl (C=O) groups is 1. The van der Waals surface area contributed by atoms with Crippen LogP contribution < -0.4 is 5.32 Å². The molecule has 60 valence electrons. The Kier molecular flexibility index (Phi) is 2.56. The van der Waals surface area contributed by atoms with Crippen molar-refractivity contribution >= 4 is 22.4 Å². The molecule has 1 aromatic heterocycles. The van der Waals surface area contributed by atoms with Gasteiger partial charge in [-0.3, -0.25) is 10.1 Å². The number of aryl methyl sites for hydroxylation is 1. The number of amides is 1. The molecule has 1 aromatic rings. The number of thiazole rings is 1. The van der Waals surface area contributed by atoms with Gasteiger partial charge in [-0.05, 0) is 6.92 Å². The first kappa shape index (κ1) is 8.16. The van der Waals surface area contributed by atoms with Crippen LogP contribution in [0.5, 0.6) is 0 Å². The van der Waals surface area contributed by atoms with E-state index in [0.717, 1.165) is 4.88 Å². The third-order valence-corrected chi connectivity index (χ3v) is 1.84. The summed E-state index contributed by atoms with van der Waals surface area (Å²) in [6, 6.07) is 0. The Morgan fingerprint density at radius 1 is 1.91 bits per heavy atom. The molecule has 5 heteroatoms. The Morgan fingerprint density at radius 2 is 2.64 bits per heavy atom. The monoisotopic (exact) mass is 172 g/mol. The van der Waals surface area contributed by atoms with Gasteiger partial charge in [-0.15, -0.1) is 11.3 Å². The van der Waals surface area contributed by atoms with Crippen LogP contribution in [0.3, 0.4) is 0 Å². The molecule has 0 spiro atoms. The number of nitrogens with zero attached hydrogens (tertiary/aromatic N) is 1. The van der Waals surface area contributed by atoms with Crippen molar-refractivity contribution in [3.63, 3.8) is 0 Å². The lowest BCUT2D eigenvalue weighted by Crippen LogP contribution is -2.14. The average Bonchev–Trinajstić information content (AvgIpc) is 2.35. The van der Waals surface area contributed by atoms with Crippen LogP contribution in [0.1, 0.15) is 4.88 Å². The topological polar surface area (TPSA) is 62.2 Å². The summed E-state index contributed by atoms with van der Waals surface area (Å²) in [5.41, 5.74) is 0. The van der Waals surface area contributed by atoms with E-state index in [1.54, 1.807) is 6.20 Å². The molecule has 0 saturated heterocycles. The van der Waals surface area contributed by atoms with Crippen LogP contribution in [0, 0.1) is 6.92 Å². The fourth-order valence-electron chi connectivity index (χ4n) is 0.571. The quantitative estimate of drug-likeness (QED) is 0.678. The molecule has 0 aliphatic heterocycles. The van der Waals surface area contributed by atoms with Gasteiger partial charge in [0.2, 0.25) is 0 Å². The highest BCUT2D eigenvalue weighted by Gasteiger charge is 2.01. The van der Waals surface area contributed by atoms with E-state index in [0.29, 0.717) is 5.13 Å². The van der Waals surface area contributed by atoms with Crippen molar-refractivity contribution in [2.75, 3.05) is 11.9 Å². The van der Waals surface area contributed by atoms with Gasteiger partial charge >= 0.3 is 0 Å². The molecule has 0 aliphatic rings. The predicted octanol–water partition coefficient (Wildman–Crippen LogP) is 0.382. The first-order valence-electron chi connectivity index (χ1n) is 3.05. The highest BCUT2D eigenvalue weighted by atomic mass is 32.1. The standard InChI is InChI=1S/C6H8N2O2S/c1-4-2-7-6(11-4)8-5(10)3-9/h2,9H,3H2,1H3,(H,7,8,10). The largest absolute Gasteiger partial charge is 0.387 e. The molecule has 1 amide bonds. The van der Waals surface area contributed by atoms with Crippen molar-refractivity contribution in [2.45, 2.75) is 6.92 Å². The Balaban J connectivity index is 2.57. The zero-order valence-corrected chi connectivity index (χ0v) is 6.81. The van der Waals surface area contributed by atoms with Gasteiger partial charge in [0.15, 0.2) is 5.13 Å². The Labute approximate surface area is 67.9 Å². The lowest BCUT2D eigenvalue weighted by Gasteiger charge is -1.94. The molecule has 0 bridgehead atoms. The van der Waals surface area contributed by atoms with Gasteiger partial charge in [-0.1, -0.05) is 0 Å². The van der Waals surface area contributed by atoms with Crippen LogP contribution in [0.4, 0.5) is 5.13 Å². The maximum atomic E-state index is 10.6. The van der Waals surface area contributed by atoms with Crippen molar-refractivity contribution in [3.05, 3.63) is 11.1 Å². The van der Waals surface area contributed by atoms with E-state index in [9.17, 15) is 4.79 Å². The zero-order chi connectivity index (χ0) is 8.27.